The van der Waals surface area contributed by atoms with E-state index in [-0.39, 0.29) is 0 Å². The number of hydrogen-bond donors (Lipinski definition) is 1. The SMILES string of the molecule is C=Cc1c(Nc2ccccc2)ccc2c1c1c3ccccc3ccc1n2-c1ccc(C)cc1. The van der Waals surface area contributed by atoms with Crippen molar-refractivity contribution >= 4 is 50.0 Å². The molecular formula is C31H24N2. The molecule has 0 amide bonds. The van der Waals surface area contributed by atoms with E-state index in [0.29, 0.717) is 0 Å². The fourth-order valence-electron chi connectivity index (χ4n) is 4.87. The van der Waals surface area contributed by atoms with E-state index >= 15 is 0 Å². The summed E-state index contributed by atoms with van der Waals surface area (Å²) in [6.45, 7) is 6.34. The average Bonchev–Trinajstić information content (AvgIpc) is 3.20. The molecule has 0 atom stereocenters. The molecule has 5 aromatic carbocycles. The molecule has 6 rings (SSSR count). The Kier molecular flexibility index (Phi) is 4.51. The van der Waals surface area contributed by atoms with Crippen LogP contribution in [0.15, 0.2) is 110 Å². The number of anilines is 2. The van der Waals surface area contributed by atoms with Crippen molar-refractivity contribution in [2.24, 2.45) is 0 Å². The van der Waals surface area contributed by atoms with Gasteiger partial charge >= 0.3 is 0 Å². The van der Waals surface area contributed by atoms with Gasteiger partial charge in [-0.1, -0.05) is 78.9 Å². The molecule has 0 aliphatic rings. The maximum absolute atomic E-state index is 4.21. The molecule has 0 aliphatic carbocycles. The lowest BCUT2D eigenvalue weighted by Gasteiger charge is -2.13. The van der Waals surface area contributed by atoms with E-state index in [2.05, 4.69) is 108 Å². The molecule has 0 bridgehead atoms. The van der Waals surface area contributed by atoms with Crippen molar-refractivity contribution < 1.29 is 0 Å². The fourth-order valence-corrected chi connectivity index (χ4v) is 4.87. The zero-order valence-corrected chi connectivity index (χ0v) is 18.5. The van der Waals surface area contributed by atoms with Crippen LogP contribution in [0.4, 0.5) is 11.4 Å². The topological polar surface area (TPSA) is 17.0 Å². The van der Waals surface area contributed by atoms with E-state index in [1.54, 1.807) is 0 Å². The minimum absolute atomic E-state index is 1.06. The lowest BCUT2D eigenvalue weighted by Crippen LogP contribution is -1.96. The quantitative estimate of drug-likeness (QED) is 0.300. The van der Waals surface area contributed by atoms with Gasteiger partial charge in [-0.2, -0.15) is 0 Å². The van der Waals surface area contributed by atoms with Gasteiger partial charge in [-0.15, -0.1) is 0 Å². The van der Waals surface area contributed by atoms with Crippen molar-refractivity contribution in [1.29, 1.82) is 0 Å². The molecule has 0 aliphatic heterocycles. The summed E-state index contributed by atoms with van der Waals surface area (Å²) in [6, 6.07) is 36.5. The van der Waals surface area contributed by atoms with E-state index in [9.17, 15) is 0 Å². The van der Waals surface area contributed by atoms with Crippen LogP contribution < -0.4 is 5.32 Å². The van der Waals surface area contributed by atoms with Gasteiger partial charge in [-0.25, -0.2) is 0 Å². The first-order chi connectivity index (χ1) is 16.2. The maximum atomic E-state index is 4.21. The summed E-state index contributed by atoms with van der Waals surface area (Å²) in [5, 5.41) is 8.58. The van der Waals surface area contributed by atoms with Crippen molar-refractivity contribution in [2.75, 3.05) is 5.32 Å². The largest absolute Gasteiger partial charge is 0.355 e. The molecule has 0 unspecified atom stereocenters. The first kappa shape index (κ1) is 19.4. The number of aromatic nitrogens is 1. The number of para-hydroxylation sites is 1. The Hall–Kier alpha value is -4.30. The van der Waals surface area contributed by atoms with Crippen LogP contribution in [0.3, 0.4) is 0 Å². The summed E-state index contributed by atoms with van der Waals surface area (Å²) in [5.74, 6) is 0. The molecule has 2 nitrogen and oxygen atoms in total. The Morgan fingerprint density at radius 3 is 2.18 bits per heavy atom. The van der Waals surface area contributed by atoms with Crippen molar-refractivity contribution in [2.45, 2.75) is 6.92 Å². The molecule has 0 spiro atoms. The molecule has 1 N–H and O–H groups in total. The van der Waals surface area contributed by atoms with Crippen LogP contribution in [0.1, 0.15) is 11.1 Å². The lowest BCUT2D eigenvalue weighted by molar-refractivity contribution is 1.18. The average molecular weight is 425 g/mol. The monoisotopic (exact) mass is 424 g/mol. The molecule has 158 valence electrons. The highest BCUT2D eigenvalue weighted by molar-refractivity contribution is 6.24. The van der Waals surface area contributed by atoms with E-state index in [0.717, 1.165) is 22.6 Å². The molecule has 1 heterocycles. The standard InChI is InChI=1S/C31H24N2/c1-3-25-27(32-23-10-5-4-6-11-23)18-20-29-30(25)31-26-12-8-7-9-22(26)15-19-28(31)33(29)24-16-13-21(2)14-17-24/h3-20,32H,1H2,2H3. The first-order valence-corrected chi connectivity index (χ1v) is 11.2. The van der Waals surface area contributed by atoms with E-state index in [4.69, 9.17) is 0 Å². The van der Waals surface area contributed by atoms with E-state index < -0.39 is 0 Å². The Morgan fingerprint density at radius 1 is 0.697 bits per heavy atom. The van der Waals surface area contributed by atoms with Gasteiger partial charge in [0, 0.05) is 33.4 Å². The number of benzene rings is 5. The molecule has 0 saturated heterocycles. The zero-order valence-electron chi connectivity index (χ0n) is 18.5. The van der Waals surface area contributed by atoms with Crippen LogP contribution in [-0.2, 0) is 0 Å². The van der Waals surface area contributed by atoms with E-state index in [1.165, 1.54) is 38.1 Å². The molecule has 1 aromatic heterocycles. The number of hydrogen-bond acceptors (Lipinski definition) is 1. The molecule has 0 fully saturated rings. The smallest absolute Gasteiger partial charge is 0.0548 e. The Morgan fingerprint density at radius 2 is 1.39 bits per heavy atom. The molecular weight excluding hydrogens is 400 g/mol. The summed E-state index contributed by atoms with van der Waals surface area (Å²) >= 11 is 0. The minimum Gasteiger partial charge on any atom is -0.355 e. The number of rotatable bonds is 4. The predicted molar refractivity (Wildman–Crippen MR) is 143 cm³/mol. The van der Waals surface area contributed by atoms with Crippen LogP contribution in [0, 0.1) is 6.92 Å². The van der Waals surface area contributed by atoms with Crippen LogP contribution in [0.25, 0.3) is 44.3 Å². The third-order valence-electron chi connectivity index (χ3n) is 6.41. The van der Waals surface area contributed by atoms with Crippen LogP contribution in [-0.4, -0.2) is 4.57 Å². The predicted octanol–water partition coefficient (Wildman–Crippen LogP) is 8.63. The molecule has 2 heteroatoms. The Labute approximate surface area is 193 Å². The summed E-state index contributed by atoms with van der Waals surface area (Å²) in [6.07, 6.45) is 1.98. The fraction of sp³-hybridized carbons (Fsp3) is 0.0323. The molecule has 0 radical (unpaired) electrons. The second-order valence-corrected chi connectivity index (χ2v) is 8.47. The third kappa shape index (κ3) is 3.11. The summed E-state index contributed by atoms with van der Waals surface area (Å²) in [7, 11) is 0. The summed E-state index contributed by atoms with van der Waals surface area (Å²) in [4.78, 5) is 0. The van der Waals surface area contributed by atoms with E-state index in [1.807, 2.05) is 24.3 Å². The zero-order chi connectivity index (χ0) is 22.4. The molecule has 0 saturated carbocycles. The highest BCUT2D eigenvalue weighted by atomic mass is 15.0. The van der Waals surface area contributed by atoms with Crippen LogP contribution >= 0.6 is 0 Å². The normalized spacial score (nSPS) is 11.3. The van der Waals surface area contributed by atoms with Gasteiger partial charge in [-0.3, -0.25) is 0 Å². The van der Waals surface area contributed by atoms with Crippen molar-refractivity contribution in [3.05, 3.63) is 121 Å². The van der Waals surface area contributed by atoms with Crippen LogP contribution in [0.5, 0.6) is 0 Å². The number of nitrogens with one attached hydrogen (secondary N) is 1. The van der Waals surface area contributed by atoms with Gasteiger partial charge < -0.3 is 9.88 Å². The van der Waals surface area contributed by atoms with Crippen molar-refractivity contribution in [3.63, 3.8) is 0 Å². The second kappa shape index (κ2) is 7.68. The maximum Gasteiger partial charge on any atom is 0.0548 e. The number of nitrogens with zero attached hydrogens (tertiary/aromatic N) is 1. The molecule has 6 aromatic rings. The highest BCUT2D eigenvalue weighted by Gasteiger charge is 2.18. The Bertz CT molecular complexity index is 1640. The van der Waals surface area contributed by atoms with Gasteiger partial charge in [-0.05, 0) is 60.2 Å². The number of fused-ring (bicyclic) bond motifs is 5. The first-order valence-electron chi connectivity index (χ1n) is 11.2. The molecule has 33 heavy (non-hydrogen) atoms. The Balaban J connectivity index is 1.75. The van der Waals surface area contributed by atoms with Crippen molar-refractivity contribution in [1.82, 2.24) is 4.57 Å². The second-order valence-electron chi connectivity index (χ2n) is 8.47. The van der Waals surface area contributed by atoms with Gasteiger partial charge in [0.25, 0.3) is 0 Å². The summed E-state index contributed by atoms with van der Waals surface area (Å²) < 4.78 is 2.37. The minimum atomic E-state index is 1.06. The van der Waals surface area contributed by atoms with Gasteiger partial charge in [0.1, 0.15) is 0 Å². The summed E-state index contributed by atoms with van der Waals surface area (Å²) in [5.41, 5.74) is 8.03. The number of aryl methyl sites for hydroxylation is 1. The van der Waals surface area contributed by atoms with Gasteiger partial charge in [0.05, 0.1) is 11.0 Å². The van der Waals surface area contributed by atoms with Gasteiger partial charge in [0.2, 0.25) is 0 Å². The van der Waals surface area contributed by atoms with Gasteiger partial charge in [0.15, 0.2) is 0 Å². The van der Waals surface area contributed by atoms with Crippen molar-refractivity contribution in [3.8, 4) is 5.69 Å². The highest BCUT2D eigenvalue weighted by Crippen LogP contribution is 2.41. The lowest BCUT2D eigenvalue weighted by atomic mass is 9.99. The third-order valence-corrected chi connectivity index (χ3v) is 6.41. The van der Waals surface area contributed by atoms with Crippen LogP contribution in [0.2, 0.25) is 0 Å².